The lowest BCUT2D eigenvalue weighted by atomic mass is 10.2. The van der Waals surface area contributed by atoms with Gasteiger partial charge in [-0.1, -0.05) is 29.0 Å². The summed E-state index contributed by atoms with van der Waals surface area (Å²) >= 11 is 7.05. The van der Waals surface area contributed by atoms with E-state index in [0.29, 0.717) is 27.8 Å². The van der Waals surface area contributed by atoms with Crippen molar-refractivity contribution in [3.05, 3.63) is 68.9 Å². The Labute approximate surface area is 169 Å². The van der Waals surface area contributed by atoms with Crippen LogP contribution in [0.2, 0.25) is 5.02 Å². The molecule has 0 saturated heterocycles. The maximum Gasteiger partial charge on any atom is 0.286 e. The molecule has 0 radical (unpaired) electrons. The van der Waals surface area contributed by atoms with Gasteiger partial charge >= 0.3 is 0 Å². The van der Waals surface area contributed by atoms with Gasteiger partial charge in [-0.3, -0.25) is 9.59 Å². The summed E-state index contributed by atoms with van der Waals surface area (Å²) in [5, 5.41) is 14.5. The number of halogens is 2. The zero-order chi connectivity index (χ0) is 20.1. The molecule has 1 heterocycles. The minimum absolute atomic E-state index is 0.172. The highest BCUT2D eigenvalue weighted by Gasteiger charge is 2.14. The Morgan fingerprint density at radius 1 is 1.11 bits per heavy atom. The summed E-state index contributed by atoms with van der Waals surface area (Å²) < 4.78 is 12.9. The predicted molar refractivity (Wildman–Crippen MR) is 107 cm³/mol. The van der Waals surface area contributed by atoms with E-state index in [9.17, 15) is 14.0 Å². The molecular formula is C19H16ClFN4O2S. The van der Waals surface area contributed by atoms with E-state index in [1.54, 1.807) is 12.1 Å². The Morgan fingerprint density at radius 2 is 1.86 bits per heavy atom. The molecule has 6 nitrogen and oxygen atoms in total. The van der Waals surface area contributed by atoms with E-state index in [0.717, 1.165) is 16.9 Å². The third-order valence-electron chi connectivity index (χ3n) is 3.80. The maximum absolute atomic E-state index is 12.9. The minimum Gasteiger partial charge on any atom is -0.326 e. The van der Waals surface area contributed by atoms with Gasteiger partial charge in [-0.05, 0) is 48.9 Å². The van der Waals surface area contributed by atoms with Gasteiger partial charge in [0.05, 0.1) is 0 Å². The summed E-state index contributed by atoms with van der Waals surface area (Å²) in [5.41, 5.74) is 2.03. The van der Waals surface area contributed by atoms with E-state index < -0.39 is 5.91 Å². The predicted octanol–water partition coefficient (Wildman–Crippen LogP) is 4.46. The van der Waals surface area contributed by atoms with Crippen molar-refractivity contribution in [3.8, 4) is 0 Å². The van der Waals surface area contributed by atoms with Crippen molar-refractivity contribution < 1.29 is 14.0 Å². The SMILES string of the molecule is Cc1ccc(Cl)cc1NC(=O)CCc1nnc(C(=O)Nc2ccc(F)cc2)s1. The molecule has 28 heavy (non-hydrogen) atoms. The summed E-state index contributed by atoms with van der Waals surface area (Å²) in [4.78, 5) is 24.3. The molecule has 9 heteroatoms. The van der Waals surface area contributed by atoms with Gasteiger partial charge in [0.25, 0.3) is 5.91 Å². The van der Waals surface area contributed by atoms with E-state index >= 15 is 0 Å². The summed E-state index contributed by atoms with van der Waals surface area (Å²) in [7, 11) is 0. The van der Waals surface area contributed by atoms with Gasteiger partial charge in [-0.25, -0.2) is 4.39 Å². The first kappa shape index (κ1) is 19.9. The van der Waals surface area contributed by atoms with Crippen LogP contribution in [0.4, 0.5) is 15.8 Å². The molecule has 0 aliphatic carbocycles. The molecule has 2 aromatic carbocycles. The number of aryl methyl sites for hydroxylation is 2. The Kier molecular flexibility index (Phi) is 6.33. The molecule has 2 N–H and O–H groups in total. The van der Waals surface area contributed by atoms with Gasteiger partial charge in [-0.2, -0.15) is 0 Å². The normalized spacial score (nSPS) is 10.5. The van der Waals surface area contributed by atoms with E-state index in [1.165, 1.54) is 24.3 Å². The van der Waals surface area contributed by atoms with Crippen LogP contribution >= 0.6 is 22.9 Å². The van der Waals surface area contributed by atoms with Gasteiger partial charge in [-0.15, -0.1) is 10.2 Å². The van der Waals surface area contributed by atoms with Crippen LogP contribution in [0.1, 0.15) is 26.8 Å². The van der Waals surface area contributed by atoms with Crippen molar-refractivity contribution in [3.63, 3.8) is 0 Å². The number of amides is 2. The number of rotatable bonds is 6. The Bertz CT molecular complexity index is 1010. The quantitative estimate of drug-likeness (QED) is 0.618. The second kappa shape index (κ2) is 8.90. The number of aromatic nitrogens is 2. The third-order valence-corrected chi connectivity index (χ3v) is 5.02. The van der Waals surface area contributed by atoms with E-state index in [-0.39, 0.29) is 23.2 Å². The molecule has 3 aromatic rings. The fourth-order valence-corrected chi connectivity index (χ4v) is 3.23. The summed E-state index contributed by atoms with van der Waals surface area (Å²) in [6, 6.07) is 10.7. The number of anilines is 2. The molecule has 2 amide bonds. The van der Waals surface area contributed by atoms with Crippen LogP contribution in [0, 0.1) is 12.7 Å². The van der Waals surface area contributed by atoms with E-state index in [4.69, 9.17) is 11.6 Å². The first-order valence-corrected chi connectivity index (χ1v) is 9.55. The lowest BCUT2D eigenvalue weighted by Crippen LogP contribution is -2.13. The largest absolute Gasteiger partial charge is 0.326 e. The molecule has 0 spiro atoms. The fourth-order valence-electron chi connectivity index (χ4n) is 2.33. The highest BCUT2D eigenvalue weighted by molar-refractivity contribution is 7.13. The van der Waals surface area contributed by atoms with Crippen LogP contribution in [0.5, 0.6) is 0 Å². The first-order valence-electron chi connectivity index (χ1n) is 8.36. The van der Waals surface area contributed by atoms with Crippen LogP contribution in [-0.2, 0) is 11.2 Å². The zero-order valence-corrected chi connectivity index (χ0v) is 16.4. The van der Waals surface area contributed by atoms with Crippen LogP contribution in [0.25, 0.3) is 0 Å². The monoisotopic (exact) mass is 418 g/mol. The molecule has 0 unspecified atom stereocenters. The van der Waals surface area contributed by atoms with Crippen molar-refractivity contribution >= 4 is 46.1 Å². The number of carbonyl (C=O) groups excluding carboxylic acids is 2. The Balaban J connectivity index is 1.54. The molecule has 0 aliphatic rings. The van der Waals surface area contributed by atoms with Crippen molar-refractivity contribution in [2.24, 2.45) is 0 Å². The van der Waals surface area contributed by atoms with Crippen LogP contribution in [0.15, 0.2) is 42.5 Å². The van der Waals surface area contributed by atoms with Gasteiger partial charge in [0.15, 0.2) is 0 Å². The van der Waals surface area contributed by atoms with Crippen molar-refractivity contribution in [2.45, 2.75) is 19.8 Å². The Morgan fingerprint density at radius 3 is 2.61 bits per heavy atom. The highest BCUT2D eigenvalue weighted by atomic mass is 35.5. The summed E-state index contributed by atoms with van der Waals surface area (Å²) in [5.74, 6) is -1.00. The van der Waals surface area contributed by atoms with Crippen molar-refractivity contribution in [1.82, 2.24) is 10.2 Å². The second-order valence-electron chi connectivity index (χ2n) is 5.97. The molecule has 0 atom stereocenters. The van der Waals surface area contributed by atoms with Crippen molar-refractivity contribution in [2.75, 3.05) is 10.6 Å². The number of benzene rings is 2. The smallest absolute Gasteiger partial charge is 0.286 e. The lowest BCUT2D eigenvalue weighted by molar-refractivity contribution is -0.116. The van der Waals surface area contributed by atoms with E-state index in [2.05, 4.69) is 20.8 Å². The van der Waals surface area contributed by atoms with Gasteiger partial charge in [0.2, 0.25) is 10.9 Å². The molecule has 0 fully saturated rings. The average molecular weight is 419 g/mol. The average Bonchev–Trinajstić information content (AvgIpc) is 3.14. The van der Waals surface area contributed by atoms with Crippen LogP contribution in [0.3, 0.4) is 0 Å². The highest BCUT2D eigenvalue weighted by Crippen LogP contribution is 2.21. The molecule has 0 saturated carbocycles. The number of nitrogens with one attached hydrogen (secondary N) is 2. The topological polar surface area (TPSA) is 84.0 Å². The second-order valence-corrected chi connectivity index (χ2v) is 7.47. The molecular weight excluding hydrogens is 403 g/mol. The number of hydrogen-bond donors (Lipinski definition) is 2. The molecule has 144 valence electrons. The maximum atomic E-state index is 12.9. The standard InChI is InChI=1S/C19H16ClFN4O2S/c1-11-2-3-12(20)10-15(11)23-16(26)8-9-17-24-25-19(28-17)18(27)22-14-6-4-13(21)5-7-14/h2-7,10H,8-9H2,1H3,(H,22,27)(H,23,26). The Hall–Kier alpha value is -2.84. The van der Waals surface area contributed by atoms with Crippen LogP contribution < -0.4 is 10.6 Å². The fraction of sp³-hybridized carbons (Fsp3) is 0.158. The summed E-state index contributed by atoms with van der Waals surface area (Å²) in [6.45, 7) is 1.88. The van der Waals surface area contributed by atoms with Crippen molar-refractivity contribution in [1.29, 1.82) is 0 Å². The molecule has 3 rings (SSSR count). The first-order chi connectivity index (χ1) is 13.4. The number of carbonyl (C=O) groups is 2. The van der Waals surface area contributed by atoms with E-state index in [1.807, 2.05) is 13.0 Å². The third kappa shape index (κ3) is 5.34. The summed E-state index contributed by atoms with van der Waals surface area (Å²) in [6.07, 6.45) is 0.549. The van der Waals surface area contributed by atoms with Gasteiger partial charge < -0.3 is 10.6 Å². The lowest BCUT2D eigenvalue weighted by Gasteiger charge is -2.08. The number of nitrogens with zero attached hydrogens (tertiary/aromatic N) is 2. The van der Waals surface area contributed by atoms with Gasteiger partial charge in [0.1, 0.15) is 10.8 Å². The molecule has 0 bridgehead atoms. The number of hydrogen-bond acceptors (Lipinski definition) is 5. The van der Waals surface area contributed by atoms with Crippen LogP contribution in [-0.4, -0.2) is 22.0 Å². The van der Waals surface area contributed by atoms with Gasteiger partial charge in [0, 0.05) is 29.2 Å². The molecule has 0 aliphatic heterocycles. The minimum atomic E-state index is -0.436. The molecule has 1 aromatic heterocycles. The zero-order valence-electron chi connectivity index (χ0n) is 14.8.